The van der Waals surface area contributed by atoms with Gasteiger partial charge in [0.05, 0.1) is 0 Å². The van der Waals surface area contributed by atoms with Gasteiger partial charge in [-0.1, -0.05) is 36.3 Å². The van der Waals surface area contributed by atoms with Crippen LogP contribution < -0.4 is 0 Å². The van der Waals surface area contributed by atoms with Gasteiger partial charge in [-0.3, -0.25) is 9.78 Å². The number of aromatic nitrogens is 1. The van der Waals surface area contributed by atoms with E-state index in [0.29, 0.717) is 5.56 Å². The molecule has 0 saturated carbocycles. The zero-order valence-electron chi connectivity index (χ0n) is 12.2. The molecule has 1 aromatic heterocycles. The van der Waals surface area contributed by atoms with Crippen LogP contribution >= 0.6 is 0 Å². The molecule has 0 N–H and O–H groups in total. The molecule has 110 valence electrons. The van der Waals surface area contributed by atoms with Crippen LogP contribution in [0.2, 0.25) is 0 Å². The van der Waals surface area contributed by atoms with Crippen LogP contribution in [0.1, 0.15) is 15.9 Å². The molecule has 2 nitrogen and oxygen atoms in total. The van der Waals surface area contributed by atoms with Crippen LogP contribution in [0.25, 0.3) is 11.1 Å². The summed E-state index contributed by atoms with van der Waals surface area (Å²) >= 11 is 0. The number of benzene rings is 2. The first-order chi connectivity index (χ1) is 11.2. The molecule has 3 aromatic rings. The van der Waals surface area contributed by atoms with Crippen molar-refractivity contribution in [1.29, 1.82) is 0 Å². The highest BCUT2D eigenvalue weighted by molar-refractivity contribution is 6.09. The molecule has 0 aliphatic rings. The molecule has 0 fully saturated rings. The Morgan fingerprint density at radius 2 is 1.65 bits per heavy atom. The van der Waals surface area contributed by atoms with Crippen LogP contribution in [0, 0.1) is 17.7 Å². The van der Waals surface area contributed by atoms with Crippen LogP contribution in [0.5, 0.6) is 0 Å². The van der Waals surface area contributed by atoms with E-state index in [4.69, 9.17) is 0 Å². The predicted molar refractivity (Wildman–Crippen MR) is 87.3 cm³/mol. The molecule has 0 atom stereocenters. The first-order valence-electron chi connectivity index (χ1n) is 7.05. The number of hydrogen-bond donors (Lipinski definition) is 0. The molecule has 23 heavy (non-hydrogen) atoms. The van der Waals surface area contributed by atoms with Crippen molar-refractivity contribution in [3.05, 3.63) is 90.0 Å². The molecule has 3 rings (SSSR count). The van der Waals surface area contributed by atoms with Gasteiger partial charge in [0.2, 0.25) is 5.78 Å². The second-order valence-corrected chi connectivity index (χ2v) is 4.91. The topological polar surface area (TPSA) is 30.0 Å². The largest absolute Gasteiger partial charge is 0.279 e. The number of hydrogen-bond acceptors (Lipinski definition) is 2. The van der Waals surface area contributed by atoms with E-state index in [1.54, 1.807) is 24.4 Å². The Hall–Kier alpha value is -3.25. The molecule has 0 bridgehead atoms. The van der Waals surface area contributed by atoms with Gasteiger partial charge in [-0.2, -0.15) is 0 Å². The fraction of sp³-hybridized carbons (Fsp3) is 0. The van der Waals surface area contributed by atoms with Crippen molar-refractivity contribution in [2.24, 2.45) is 0 Å². The number of nitrogens with zero attached hydrogens (tertiary/aromatic N) is 1. The molecule has 0 unspecified atom stereocenters. The quantitative estimate of drug-likeness (QED) is 0.526. The highest BCUT2D eigenvalue weighted by Crippen LogP contribution is 2.19. The second kappa shape index (κ2) is 6.67. The fourth-order valence-electron chi connectivity index (χ4n) is 2.09. The summed E-state index contributed by atoms with van der Waals surface area (Å²) in [5.74, 6) is 4.84. The standard InChI is InChI=1S/C20H12FNO/c21-19-9-7-16(8-10-19)17-12-18(14-22-13-17)20(23)11-6-15-4-2-1-3-5-15/h1-5,7-10,12-14H. The monoisotopic (exact) mass is 301 g/mol. The van der Waals surface area contributed by atoms with Crippen molar-refractivity contribution < 1.29 is 9.18 Å². The maximum atomic E-state index is 13.0. The summed E-state index contributed by atoms with van der Waals surface area (Å²) < 4.78 is 13.0. The van der Waals surface area contributed by atoms with Gasteiger partial charge in [-0.25, -0.2) is 4.39 Å². The number of ketones is 1. The van der Waals surface area contributed by atoms with Gasteiger partial charge >= 0.3 is 0 Å². The Morgan fingerprint density at radius 1 is 0.913 bits per heavy atom. The summed E-state index contributed by atoms with van der Waals surface area (Å²) in [7, 11) is 0. The van der Waals surface area contributed by atoms with E-state index < -0.39 is 0 Å². The Labute approximate surface area is 133 Å². The average molecular weight is 301 g/mol. The van der Waals surface area contributed by atoms with Gasteiger partial charge in [-0.15, -0.1) is 0 Å². The van der Waals surface area contributed by atoms with Crippen LogP contribution in [-0.2, 0) is 0 Å². The van der Waals surface area contributed by atoms with Crippen molar-refractivity contribution in [1.82, 2.24) is 4.98 Å². The molecule has 3 heteroatoms. The average Bonchev–Trinajstić information content (AvgIpc) is 2.61. The van der Waals surface area contributed by atoms with Crippen molar-refractivity contribution in [2.45, 2.75) is 0 Å². The third kappa shape index (κ3) is 3.69. The van der Waals surface area contributed by atoms with Crippen LogP contribution in [-0.4, -0.2) is 10.8 Å². The Balaban J connectivity index is 1.86. The summed E-state index contributed by atoms with van der Waals surface area (Å²) in [6.07, 6.45) is 3.11. The van der Waals surface area contributed by atoms with Crippen molar-refractivity contribution in [2.75, 3.05) is 0 Å². The lowest BCUT2D eigenvalue weighted by Gasteiger charge is -2.02. The second-order valence-electron chi connectivity index (χ2n) is 4.91. The van der Waals surface area contributed by atoms with E-state index in [0.717, 1.165) is 16.7 Å². The Bertz CT molecular complexity index is 890. The van der Waals surface area contributed by atoms with E-state index >= 15 is 0 Å². The highest BCUT2D eigenvalue weighted by Gasteiger charge is 2.06. The van der Waals surface area contributed by atoms with Crippen molar-refractivity contribution >= 4 is 5.78 Å². The number of rotatable bonds is 2. The van der Waals surface area contributed by atoms with E-state index in [-0.39, 0.29) is 11.6 Å². The summed E-state index contributed by atoms with van der Waals surface area (Å²) in [5, 5.41) is 0. The molecular weight excluding hydrogens is 289 g/mol. The van der Waals surface area contributed by atoms with Crippen molar-refractivity contribution in [3.63, 3.8) is 0 Å². The van der Waals surface area contributed by atoms with Gasteiger partial charge in [0.25, 0.3) is 0 Å². The minimum Gasteiger partial charge on any atom is -0.279 e. The SMILES string of the molecule is O=C(C#Cc1ccccc1)c1cncc(-c2ccc(F)cc2)c1. The lowest BCUT2D eigenvalue weighted by molar-refractivity contribution is 0.105. The fourth-order valence-corrected chi connectivity index (χ4v) is 2.09. The summed E-state index contributed by atoms with van der Waals surface area (Å²) in [4.78, 5) is 16.3. The number of Topliss-reactive ketones (excluding diaryl/α,β-unsaturated/α-hetero) is 1. The van der Waals surface area contributed by atoms with E-state index in [9.17, 15) is 9.18 Å². The molecular formula is C20H12FNO. The van der Waals surface area contributed by atoms with Crippen LogP contribution in [0.3, 0.4) is 0 Å². The molecule has 2 aromatic carbocycles. The van der Waals surface area contributed by atoms with Crippen LogP contribution in [0.15, 0.2) is 73.1 Å². The lowest BCUT2D eigenvalue weighted by atomic mass is 10.0. The highest BCUT2D eigenvalue weighted by atomic mass is 19.1. The number of carbonyl (C=O) groups excluding carboxylic acids is 1. The number of pyridine rings is 1. The van der Waals surface area contributed by atoms with E-state index in [1.165, 1.54) is 18.3 Å². The van der Waals surface area contributed by atoms with Gasteiger partial charge in [0, 0.05) is 29.1 Å². The molecule has 0 aliphatic heterocycles. The minimum absolute atomic E-state index is 0.301. The normalized spacial score (nSPS) is 9.78. The molecule has 0 radical (unpaired) electrons. The first-order valence-corrected chi connectivity index (χ1v) is 7.05. The zero-order chi connectivity index (χ0) is 16.1. The van der Waals surface area contributed by atoms with E-state index in [2.05, 4.69) is 16.8 Å². The van der Waals surface area contributed by atoms with Crippen LogP contribution in [0.4, 0.5) is 4.39 Å². The summed E-state index contributed by atoms with van der Waals surface area (Å²) in [6.45, 7) is 0. The van der Waals surface area contributed by atoms with Gasteiger partial charge < -0.3 is 0 Å². The summed E-state index contributed by atoms with van der Waals surface area (Å²) in [5.41, 5.74) is 2.74. The number of carbonyl (C=O) groups is 1. The smallest absolute Gasteiger partial charge is 0.237 e. The third-order valence-electron chi connectivity index (χ3n) is 3.27. The maximum Gasteiger partial charge on any atom is 0.237 e. The van der Waals surface area contributed by atoms with Gasteiger partial charge in [0.15, 0.2) is 0 Å². The minimum atomic E-state index is -0.303. The van der Waals surface area contributed by atoms with Gasteiger partial charge in [0.1, 0.15) is 5.82 Å². The van der Waals surface area contributed by atoms with Crippen molar-refractivity contribution in [3.8, 4) is 23.0 Å². The molecule has 0 spiro atoms. The molecule has 0 amide bonds. The Morgan fingerprint density at radius 3 is 2.39 bits per heavy atom. The third-order valence-corrected chi connectivity index (χ3v) is 3.27. The first kappa shape index (κ1) is 14.7. The number of halogens is 1. The Kier molecular flexibility index (Phi) is 4.26. The van der Waals surface area contributed by atoms with E-state index in [1.807, 2.05) is 30.3 Å². The summed E-state index contributed by atoms with van der Waals surface area (Å²) in [6, 6.07) is 17.1. The molecule has 0 aliphatic carbocycles. The maximum absolute atomic E-state index is 13.0. The predicted octanol–water partition coefficient (Wildman–Crippen LogP) is 4.12. The van der Waals surface area contributed by atoms with Gasteiger partial charge in [-0.05, 0) is 41.8 Å². The molecule has 1 heterocycles. The molecule has 0 saturated heterocycles. The zero-order valence-corrected chi connectivity index (χ0v) is 12.2. The lowest BCUT2D eigenvalue weighted by Crippen LogP contribution is -1.97.